The van der Waals surface area contributed by atoms with Crippen LogP contribution in [0.2, 0.25) is 0 Å². The van der Waals surface area contributed by atoms with Gasteiger partial charge in [-0.2, -0.15) is 5.26 Å². The third-order valence-electron chi connectivity index (χ3n) is 2.37. The van der Waals surface area contributed by atoms with Crippen molar-refractivity contribution < 1.29 is 9.53 Å². The van der Waals surface area contributed by atoms with Gasteiger partial charge in [0.2, 0.25) is 0 Å². The molecule has 0 atom stereocenters. The summed E-state index contributed by atoms with van der Waals surface area (Å²) in [5, 5.41) is 11.9. The Morgan fingerprint density at radius 1 is 1.65 bits per heavy atom. The minimum atomic E-state index is -0.655. The summed E-state index contributed by atoms with van der Waals surface area (Å²) >= 11 is 0. The standard InChI is InChI=1S/C12H15N3O2/c1-12(2,11(16)17-3)8-15-9-5-4-6-14-10(9)7-13/h4-6,15H,8H2,1-3H3. The first kappa shape index (κ1) is 13.0. The number of hydrogen-bond donors (Lipinski definition) is 1. The van der Waals surface area contributed by atoms with Crippen LogP contribution in [0.25, 0.3) is 0 Å². The highest BCUT2D eigenvalue weighted by Crippen LogP contribution is 2.19. The van der Waals surface area contributed by atoms with Gasteiger partial charge in [-0.05, 0) is 26.0 Å². The van der Waals surface area contributed by atoms with Gasteiger partial charge in [-0.15, -0.1) is 0 Å². The van der Waals surface area contributed by atoms with Crippen LogP contribution in [0.4, 0.5) is 5.69 Å². The summed E-state index contributed by atoms with van der Waals surface area (Å²) in [6.45, 7) is 3.92. The van der Waals surface area contributed by atoms with Crippen molar-refractivity contribution in [2.45, 2.75) is 13.8 Å². The number of rotatable bonds is 4. The number of pyridine rings is 1. The van der Waals surface area contributed by atoms with Crippen molar-refractivity contribution in [2.75, 3.05) is 19.0 Å². The largest absolute Gasteiger partial charge is 0.469 e. The molecule has 0 aliphatic heterocycles. The maximum Gasteiger partial charge on any atom is 0.313 e. The summed E-state index contributed by atoms with van der Waals surface area (Å²) in [7, 11) is 1.36. The maximum absolute atomic E-state index is 11.5. The molecule has 0 aliphatic carbocycles. The summed E-state index contributed by atoms with van der Waals surface area (Å²) < 4.78 is 4.70. The summed E-state index contributed by atoms with van der Waals surface area (Å²) in [5.74, 6) is -0.299. The Morgan fingerprint density at radius 2 is 2.35 bits per heavy atom. The lowest BCUT2D eigenvalue weighted by Gasteiger charge is -2.22. The van der Waals surface area contributed by atoms with Gasteiger partial charge in [-0.25, -0.2) is 4.98 Å². The van der Waals surface area contributed by atoms with Gasteiger partial charge >= 0.3 is 5.97 Å². The molecule has 17 heavy (non-hydrogen) atoms. The quantitative estimate of drug-likeness (QED) is 0.799. The number of nitrogens with zero attached hydrogens (tertiary/aromatic N) is 2. The van der Waals surface area contributed by atoms with E-state index in [2.05, 4.69) is 10.3 Å². The predicted octanol–water partition coefficient (Wildman–Crippen LogP) is 1.56. The lowest BCUT2D eigenvalue weighted by molar-refractivity contribution is -0.149. The molecular weight excluding hydrogens is 218 g/mol. The molecule has 5 nitrogen and oxygen atoms in total. The van der Waals surface area contributed by atoms with Crippen molar-refractivity contribution in [3.8, 4) is 6.07 Å². The van der Waals surface area contributed by atoms with Crippen LogP contribution in [0.5, 0.6) is 0 Å². The van der Waals surface area contributed by atoms with E-state index < -0.39 is 5.41 Å². The number of nitriles is 1. The molecule has 0 unspecified atom stereocenters. The molecule has 1 rings (SSSR count). The molecule has 0 amide bonds. The molecule has 0 spiro atoms. The molecule has 0 bridgehead atoms. The van der Waals surface area contributed by atoms with Crippen LogP contribution in [-0.2, 0) is 9.53 Å². The Hall–Kier alpha value is -2.09. The van der Waals surface area contributed by atoms with Crippen molar-refractivity contribution in [3.63, 3.8) is 0 Å². The van der Waals surface area contributed by atoms with Gasteiger partial charge in [0, 0.05) is 12.7 Å². The molecule has 0 fully saturated rings. The summed E-state index contributed by atoms with van der Waals surface area (Å²) in [6.07, 6.45) is 1.55. The third kappa shape index (κ3) is 3.18. The second-order valence-corrected chi connectivity index (χ2v) is 4.24. The molecule has 0 aromatic carbocycles. The van der Waals surface area contributed by atoms with Crippen LogP contribution in [0.3, 0.4) is 0 Å². The van der Waals surface area contributed by atoms with E-state index in [1.54, 1.807) is 32.2 Å². The Kier molecular flexibility index (Phi) is 4.05. The zero-order chi connectivity index (χ0) is 12.9. The minimum absolute atomic E-state index is 0.299. The maximum atomic E-state index is 11.5. The molecule has 5 heteroatoms. The molecule has 90 valence electrons. The topological polar surface area (TPSA) is 75.0 Å². The van der Waals surface area contributed by atoms with Gasteiger partial charge in [0.25, 0.3) is 0 Å². The molecular formula is C12H15N3O2. The van der Waals surface area contributed by atoms with Crippen LogP contribution in [0.1, 0.15) is 19.5 Å². The molecule has 0 saturated heterocycles. The van der Waals surface area contributed by atoms with Gasteiger partial charge in [-0.3, -0.25) is 4.79 Å². The van der Waals surface area contributed by atoms with Crippen molar-refractivity contribution >= 4 is 11.7 Å². The number of aromatic nitrogens is 1. The van der Waals surface area contributed by atoms with Crippen LogP contribution < -0.4 is 5.32 Å². The molecule has 0 aliphatic rings. The Balaban J connectivity index is 2.74. The Labute approximate surface area is 100 Å². The highest BCUT2D eigenvalue weighted by Gasteiger charge is 2.28. The number of nitrogens with one attached hydrogen (secondary N) is 1. The lowest BCUT2D eigenvalue weighted by atomic mass is 9.93. The van der Waals surface area contributed by atoms with Gasteiger partial charge in [0.05, 0.1) is 18.2 Å². The highest BCUT2D eigenvalue weighted by atomic mass is 16.5. The van der Waals surface area contributed by atoms with E-state index in [1.807, 2.05) is 6.07 Å². The van der Waals surface area contributed by atoms with E-state index in [1.165, 1.54) is 7.11 Å². The van der Waals surface area contributed by atoms with E-state index in [-0.39, 0.29) is 5.97 Å². The molecule has 1 N–H and O–H groups in total. The second kappa shape index (κ2) is 5.30. The van der Waals surface area contributed by atoms with Gasteiger partial charge in [-0.1, -0.05) is 0 Å². The fourth-order valence-electron chi connectivity index (χ4n) is 1.30. The van der Waals surface area contributed by atoms with Crippen molar-refractivity contribution in [1.29, 1.82) is 5.26 Å². The SMILES string of the molecule is COC(=O)C(C)(C)CNc1cccnc1C#N. The number of hydrogen-bond acceptors (Lipinski definition) is 5. The minimum Gasteiger partial charge on any atom is -0.469 e. The number of carbonyl (C=O) groups excluding carboxylic acids is 1. The Morgan fingerprint density at radius 3 is 2.94 bits per heavy atom. The zero-order valence-electron chi connectivity index (χ0n) is 10.2. The number of ether oxygens (including phenoxy) is 1. The first-order valence-electron chi connectivity index (χ1n) is 5.18. The van der Waals surface area contributed by atoms with Crippen LogP contribution in [0.15, 0.2) is 18.3 Å². The number of esters is 1. The molecule has 0 radical (unpaired) electrons. The Bertz CT molecular complexity index is 449. The second-order valence-electron chi connectivity index (χ2n) is 4.24. The highest BCUT2D eigenvalue weighted by molar-refractivity contribution is 5.76. The number of carbonyl (C=O) groups is 1. The first-order chi connectivity index (χ1) is 8.01. The van der Waals surface area contributed by atoms with E-state index in [9.17, 15) is 4.79 Å². The molecule has 1 heterocycles. The van der Waals surface area contributed by atoms with Gasteiger partial charge in [0.15, 0.2) is 5.69 Å². The van der Waals surface area contributed by atoms with Crippen molar-refractivity contribution in [2.24, 2.45) is 5.41 Å². The van der Waals surface area contributed by atoms with Crippen LogP contribution in [0, 0.1) is 16.7 Å². The summed E-state index contributed by atoms with van der Waals surface area (Å²) in [5.41, 5.74) is 0.275. The van der Waals surface area contributed by atoms with E-state index in [0.717, 1.165) is 0 Å². The third-order valence-corrected chi connectivity index (χ3v) is 2.37. The van der Waals surface area contributed by atoms with Crippen molar-refractivity contribution in [3.05, 3.63) is 24.0 Å². The fraction of sp³-hybridized carbons (Fsp3) is 0.417. The zero-order valence-corrected chi connectivity index (χ0v) is 10.2. The summed E-state index contributed by atoms with van der Waals surface area (Å²) in [6, 6.07) is 5.46. The van der Waals surface area contributed by atoms with Crippen molar-refractivity contribution in [1.82, 2.24) is 4.98 Å². The van der Waals surface area contributed by atoms with Gasteiger partial charge in [0.1, 0.15) is 6.07 Å². The number of methoxy groups -OCH3 is 1. The van der Waals surface area contributed by atoms with E-state index >= 15 is 0 Å². The average molecular weight is 233 g/mol. The summed E-state index contributed by atoms with van der Waals surface area (Å²) in [4.78, 5) is 15.4. The van der Waals surface area contributed by atoms with Crippen LogP contribution >= 0.6 is 0 Å². The van der Waals surface area contributed by atoms with E-state index in [0.29, 0.717) is 17.9 Å². The lowest BCUT2D eigenvalue weighted by Crippen LogP contribution is -2.33. The molecule has 1 aromatic rings. The predicted molar refractivity (Wildman–Crippen MR) is 63.2 cm³/mol. The molecule has 0 saturated carbocycles. The first-order valence-corrected chi connectivity index (χ1v) is 5.18. The fourth-order valence-corrected chi connectivity index (χ4v) is 1.30. The average Bonchev–Trinajstić information content (AvgIpc) is 2.35. The van der Waals surface area contributed by atoms with Crippen LogP contribution in [-0.4, -0.2) is 24.6 Å². The monoisotopic (exact) mass is 233 g/mol. The smallest absolute Gasteiger partial charge is 0.313 e. The van der Waals surface area contributed by atoms with E-state index in [4.69, 9.17) is 10.00 Å². The molecule has 1 aromatic heterocycles. The number of anilines is 1. The normalized spacial score (nSPS) is 10.5. The van der Waals surface area contributed by atoms with Gasteiger partial charge < -0.3 is 10.1 Å².